The number of carbonyl (C=O) groups is 1. The van der Waals surface area contributed by atoms with Gasteiger partial charge in [0.25, 0.3) is 0 Å². The predicted octanol–water partition coefficient (Wildman–Crippen LogP) is 0.488. The summed E-state index contributed by atoms with van der Waals surface area (Å²) in [5.74, 6) is -0.615. The summed E-state index contributed by atoms with van der Waals surface area (Å²) in [5.41, 5.74) is 0.247. The Kier molecular flexibility index (Phi) is 6.34. The summed E-state index contributed by atoms with van der Waals surface area (Å²) >= 11 is 0. The average Bonchev–Trinajstić information content (AvgIpc) is 2.78. The summed E-state index contributed by atoms with van der Waals surface area (Å²) in [5, 5.41) is 42.9. The monoisotopic (exact) mass is 457 g/mol. The first kappa shape index (κ1) is 22.7. The Hall–Kier alpha value is -3.44. The normalized spacial score (nSPS) is 25.0. The molecular formula is C23H23NO9. The van der Waals surface area contributed by atoms with E-state index in [-0.39, 0.29) is 22.5 Å². The minimum Gasteiger partial charge on any atom is -0.507 e. The Morgan fingerprint density at radius 2 is 1.85 bits per heavy atom. The summed E-state index contributed by atoms with van der Waals surface area (Å²) < 4.78 is 17.1. The van der Waals surface area contributed by atoms with Crippen LogP contribution in [-0.2, 0) is 9.53 Å². The lowest BCUT2D eigenvalue weighted by Gasteiger charge is -2.42. The smallest absolute Gasteiger partial charge is 0.223 e. The van der Waals surface area contributed by atoms with Crippen LogP contribution in [-0.4, -0.2) is 63.6 Å². The van der Waals surface area contributed by atoms with E-state index in [0.29, 0.717) is 5.56 Å². The van der Waals surface area contributed by atoms with Crippen molar-refractivity contribution in [1.82, 2.24) is 5.32 Å². The fourth-order valence-electron chi connectivity index (χ4n) is 3.76. The summed E-state index contributed by atoms with van der Waals surface area (Å²) in [6.45, 7) is 0.610. The van der Waals surface area contributed by atoms with Crippen molar-refractivity contribution in [2.45, 2.75) is 37.6 Å². The first-order valence-electron chi connectivity index (χ1n) is 10.2. The second-order valence-corrected chi connectivity index (χ2v) is 7.71. The van der Waals surface area contributed by atoms with Crippen LogP contribution in [0.2, 0.25) is 0 Å². The molecule has 1 aliphatic heterocycles. The molecule has 1 aliphatic rings. The van der Waals surface area contributed by atoms with E-state index in [2.05, 4.69) is 5.32 Å². The molecule has 5 atom stereocenters. The number of phenols is 1. The number of aliphatic hydroxyl groups excluding tert-OH is 3. The first-order chi connectivity index (χ1) is 15.8. The summed E-state index contributed by atoms with van der Waals surface area (Å²) in [6, 6.07) is 11.6. The fraction of sp³-hybridized carbons (Fsp3) is 0.304. The number of carbonyl (C=O) groups excluding carboxylic acids is 1. The lowest BCUT2D eigenvalue weighted by molar-refractivity contribution is -0.244. The van der Waals surface area contributed by atoms with Crippen LogP contribution < -0.4 is 15.5 Å². The van der Waals surface area contributed by atoms with Gasteiger partial charge in [-0.15, -0.1) is 0 Å². The van der Waals surface area contributed by atoms with E-state index < -0.39 is 54.3 Å². The van der Waals surface area contributed by atoms with E-state index in [1.165, 1.54) is 25.1 Å². The summed E-state index contributed by atoms with van der Waals surface area (Å²) in [7, 11) is 0. The molecule has 10 nitrogen and oxygen atoms in total. The van der Waals surface area contributed by atoms with Crippen molar-refractivity contribution in [2.75, 3.05) is 6.61 Å². The zero-order valence-electron chi connectivity index (χ0n) is 17.5. The third-order valence-corrected chi connectivity index (χ3v) is 5.34. The molecule has 2 aromatic carbocycles. The Morgan fingerprint density at radius 1 is 1.12 bits per heavy atom. The van der Waals surface area contributed by atoms with Crippen molar-refractivity contribution >= 4 is 16.9 Å². The molecule has 0 bridgehead atoms. The molecule has 1 amide bonds. The van der Waals surface area contributed by atoms with Gasteiger partial charge in [0.1, 0.15) is 52.6 Å². The maximum absolute atomic E-state index is 12.6. The van der Waals surface area contributed by atoms with E-state index in [1.807, 2.05) is 6.07 Å². The highest BCUT2D eigenvalue weighted by Crippen LogP contribution is 2.33. The predicted molar refractivity (Wildman–Crippen MR) is 116 cm³/mol. The van der Waals surface area contributed by atoms with Crippen LogP contribution in [0.1, 0.15) is 6.92 Å². The number of amides is 1. The lowest BCUT2D eigenvalue weighted by atomic mass is 9.97. The van der Waals surface area contributed by atoms with Crippen LogP contribution in [0.3, 0.4) is 0 Å². The maximum atomic E-state index is 12.6. The number of aromatic hydroxyl groups is 1. The number of ether oxygens (including phenoxy) is 2. The van der Waals surface area contributed by atoms with Gasteiger partial charge in [-0.2, -0.15) is 0 Å². The molecule has 33 heavy (non-hydrogen) atoms. The van der Waals surface area contributed by atoms with E-state index in [4.69, 9.17) is 13.9 Å². The molecule has 0 radical (unpaired) electrons. The number of fused-ring (bicyclic) bond motifs is 1. The van der Waals surface area contributed by atoms with Crippen LogP contribution in [0.15, 0.2) is 57.7 Å². The van der Waals surface area contributed by atoms with Gasteiger partial charge in [0.05, 0.1) is 6.61 Å². The number of hydrogen-bond donors (Lipinski definition) is 5. The second-order valence-electron chi connectivity index (χ2n) is 7.71. The average molecular weight is 457 g/mol. The topological polar surface area (TPSA) is 159 Å². The SMILES string of the molecule is CC(=O)N[C@H]1[C@H](Oc2cc(O)c3c(=O)cc(-c4ccccc4)oc3c2)O[C@H](CO)[C@@H](O)[C@@H]1O. The number of aliphatic hydroxyl groups is 3. The zero-order valence-corrected chi connectivity index (χ0v) is 17.5. The second kappa shape index (κ2) is 9.20. The Bertz CT molecular complexity index is 1210. The molecule has 0 unspecified atom stereocenters. The lowest BCUT2D eigenvalue weighted by Crippen LogP contribution is -2.65. The minimum atomic E-state index is -1.50. The Morgan fingerprint density at radius 3 is 2.52 bits per heavy atom. The number of hydrogen-bond acceptors (Lipinski definition) is 9. The van der Waals surface area contributed by atoms with Gasteiger partial charge in [0, 0.05) is 30.7 Å². The van der Waals surface area contributed by atoms with Crippen molar-refractivity contribution in [1.29, 1.82) is 0 Å². The molecule has 2 heterocycles. The third kappa shape index (κ3) is 4.55. The van der Waals surface area contributed by atoms with Gasteiger partial charge in [-0.05, 0) is 0 Å². The molecule has 0 aliphatic carbocycles. The van der Waals surface area contributed by atoms with Crippen molar-refractivity contribution in [3.63, 3.8) is 0 Å². The van der Waals surface area contributed by atoms with Gasteiger partial charge < -0.3 is 39.6 Å². The number of benzene rings is 2. The summed E-state index contributed by atoms with van der Waals surface area (Å²) in [6.07, 6.45) is -5.47. The molecule has 0 spiro atoms. The fourth-order valence-corrected chi connectivity index (χ4v) is 3.76. The number of rotatable bonds is 5. The first-order valence-corrected chi connectivity index (χ1v) is 10.2. The van der Waals surface area contributed by atoms with Crippen molar-refractivity contribution in [2.24, 2.45) is 0 Å². The zero-order chi connectivity index (χ0) is 23.7. The van der Waals surface area contributed by atoms with Gasteiger partial charge in [0.2, 0.25) is 12.2 Å². The molecule has 0 saturated carbocycles. The number of phenolic OH excluding ortho intramolecular Hbond substituents is 1. The molecular weight excluding hydrogens is 434 g/mol. The van der Waals surface area contributed by atoms with E-state index in [9.17, 15) is 30.0 Å². The van der Waals surface area contributed by atoms with Crippen LogP contribution >= 0.6 is 0 Å². The van der Waals surface area contributed by atoms with Gasteiger partial charge >= 0.3 is 0 Å². The molecule has 4 rings (SSSR count). The highest BCUT2D eigenvalue weighted by atomic mass is 16.7. The third-order valence-electron chi connectivity index (χ3n) is 5.34. The van der Waals surface area contributed by atoms with Gasteiger partial charge in [0.15, 0.2) is 5.43 Å². The molecule has 3 aromatic rings. The minimum absolute atomic E-state index is 0.00833. The maximum Gasteiger partial charge on any atom is 0.223 e. The van der Waals surface area contributed by atoms with Crippen LogP contribution in [0.4, 0.5) is 0 Å². The van der Waals surface area contributed by atoms with Crippen molar-refractivity contribution in [3.05, 3.63) is 58.8 Å². The largest absolute Gasteiger partial charge is 0.507 e. The molecule has 1 saturated heterocycles. The molecule has 1 aromatic heterocycles. The van der Waals surface area contributed by atoms with Gasteiger partial charge in [-0.1, -0.05) is 30.3 Å². The van der Waals surface area contributed by atoms with E-state index in [0.717, 1.165) is 0 Å². The molecule has 5 N–H and O–H groups in total. The molecule has 174 valence electrons. The van der Waals surface area contributed by atoms with Crippen molar-refractivity contribution in [3.8, 4) is 22.8 Å². The van der Waals surface area contributed by atoms with Crippen LogP contribution in [0.25, 0.3) is 22.3 Å². The van der Waals surface area contributed by atoms with Gasteiger partial charge in [-0.25, -0.2) is 0 Å². The van der Waals surface area contributed by atoms with Gasteiger partial charge in [-0.3, -0.25) is 9.59 Å². The van der Waals surface area contributed by atoms with Crippen LogP contribution in [0.5, 0.6) is 11.5 Å². The van der Waals surface area contributed by atoms with Crippen LogP contribution in [0, 0.1) is 0 Å². The molecule has 1 fully saturated rings. The van der Waals surface area contributed by atoms with E-state index in [1.54, 1.807) is 24.3 Å². The van der Waals surface area contributed by atoms with E-state index >= 15 is 0 Å². The summed E-state index contributed by atoms with van der Waals surface area (Å²) in [4.78, 5) is 24.2. The highest BCUT2D eigenvalue weighted by Gasteiger charge is 2.46. The van der Waals surface area contributed by atoms with Crippen molar-refractivity contribution < 1.29 is 39.1 Å². The highest BCUT2D eigenvalue weighted by molar-refractivity contribution is 5.86. The quantitative estimate of drug-likeness (QED) is 0.367. The Labute approximate surface area is 187 Å². The Balaban J connectivity index is 1.72. The standard InChI is InChI=1S/C23H23NO9/c1-11(26)24-20-22(30)21(29)18(10-25)33-23(20)31-13-7-14(27)19-15(28)9-16(32-17(19)8-13)12-5-3-2-4-6-12/h2-9,18,20-23,25,27,29-30H,10H2,1H3,(H,24,26)/t18-,20-,21-,22-,23-/m1/s1. The number of nitrogens with one attached hydrogen (secondary N) is 1. The molecule has 10 heteroatoms.